The van der Waals surface area contributed by atoms with Crippen LogP contribution in [0.4, 0.5) is 5.69 Å². The Morgan fingerprint density at radius 3 is 2.34 bits per heavy atom. The fourth-order valence-corrected chi connectivity index (χ4v) is 3.77. The molecule has 1 unspecified atom stereocenters. The van der Waals surface area contributed by atoms with Crippen molar-refractivity contribution in [3.8, 4) is 0 Å². The summed E-state index contributed by atoms with van der Waals surface area (Å²) in [4.78, 5) is 15.0. The molecule has 0 aromatic heterocycles. The number of halogens is 1. The first kappa shape index (κ1) is 23.5. The first-order chi connectivity index (χ1) is 13.8. The zero-order valence-electron chi connectivity index (χ0n) is 18.4. The number of carbonyl (C=O) groups excluding carboxylic acids is 1. The number of hydrogen-bond donors (Lipinski definition) is 0. The van der Waals surface area contributed by atoms with Crippen molar-refractivity contribution in [2.24, 2.45) is 0 Å². The lowest BCUT2D eigenvalue weighted by molar-refractivity contribution is -0.145. The van der Waals surface area contributed by atoms with Crippen molar-refractivity contribution < 1.29 is 9.53 Å². The van der Waals surface area contributed by atoms with Crippen LogP contribution in [0.1, 0.15) is 65.0 Å². The molecule has 0 bridgehead atoms. The Hall–Kier alpha value is -1.81. The van der Waals surface area contributed by atoms with Gasteiger partial charge in [-0.2, -0.15) is 0 Å². The van der Waals surface area contributed by atoms with Crippen LogP contribution in [0, 0.1) is 0 Å². The first-order valence-corrected chi connectivity index (χ1v) is 11.3. The van der Waals surface area contributed by atoms with E-state index in [9.17, 15) is 4.79 Å². The summed E-state index contributed by atoms with van der Waals surface area (Å²) >= 11 is 3.57. The van der Waals surface area contributed by atoms with Gasteiger partial charge in [0.2, 0.25) is 0 Å². The summed E-state index contributed by atoms with van der Waals surface area (Å²) in [7, 11) is 0. The number of ether oxygens (including phenoxy) is 1. The standard InChI is InChI=1S/C25H34BrNO2/c1-6-8-12-23(24(28)29-7-2)27(22-11-9-10-21(26)17-22)18-19-13-15-20(16-14-19)25(3,4)5/h9-11,13-17,23H,6-8,12,18H2,1-5H3. The Morgan fingerprint density at radius 2 is 1.79 bits per heavy atom. The van der Waals surface area contributed by atoms with Crippen LogP contribution in [-0.2, 0) is 21.5 Å². The van der Waals surface area contributed by atoms with Gasteiger partial charge in [0.25, 0.3) is 0 Å². The normalized spacial score (nSPS) is 12.5. The van der Waals surface area contributed by atoms with E-state index in [0.29, 0.717) is 13.2 Å². The maximum Gasteiger partial charge on any atom is 0.328 e. The number of esters is 1. The van der Waals surface area contributed by atoms with E-state index in [2.05, 4.69) is 84.9 Å². The van der Waals surface area contributed by atoms with Gasteiger partial charge in [-0.25, -0.2) is 4.79 Å². The second kappa shape index (κ2) is 10.8. The number of anilines is 1. The molecule has 2 aromatic rings. The van der Waals surface area contributed by atoms with Gasteiger partial charge in [0, 0.05) is 16.7 Å². The van der Waals surface area contributed by atoms with E-state index >= 15 is 0 Å². The second-order valence-corrected chi connectivity index (χ2v) is 9.38. The maximum absolute atomic E-state index is 12.8. The van der Waals surface area contributed by atoms with Crippen LogP contribution in [0.5, 0.6) is 0 Å². The highest BCUT2D eigenvalue weighted by molar-refractivity contribution is 9.10. The van der Waals surface area contributed by atoms with Gasteiger partial charge in [0.05, 0.1) is 6.61 Å². The van der Waals surface area contributed by atoms with Crippen LogP contribution in [-0.4, -0.2) is 18.6 Å². The minimum Gasteiger partial charge on any atom is -0.464 e. The molecule has 0 amide bonds. The van der Waals surface area contributed by atoms with Crippen molar-refractivity contribution in [1.82, 2.24) is 0 Å². The van der Waals surface area contributed by atoms with Crippen LogP contribution in [0.2, 0.25) is 0 Å². The molecule has 29 heavy (non-hydrogen) atoms. The number of benzene rings is 2. The highest BCUT2D eigenvalue weighted by Crippen LogP contribution is 2.28. The molecule has 0 spiro atoms. The molecule has 0 aliphatic carbocycles. The molecule has 0 N–H and O–H groups in total. The number of rotatable bonds is 9. The molecule has 0 heterocycles. The van der Waals surface area contributed by atoms with Gasteiger partial charge < -0.3 is 9.64 Å². The van der Waals surface area contributed by atoms with Crippen LogP contribution >= 0.6 is 15.9 Å². The average Bonchev–Trinajstić information content (AvgIpc) is 2.67. The molecule has 0 aliphatic rings. The zero-order chi connectivity index (χ0) is 21.4. The van der Waals surface area contributed by atoms with E-state index < -0.39 is 0 Å². The topological polar surface area (TPSA) is 29.5 Å². The largest absolute Gasteiger partial charge is 0.464 e. The lowest BCUT2D eigenvalue weighted by Gasteiger charge is -2.33. The minimum absolute atomic E-state index is 0.122. The smallest absolute Gasteiger partial charge is 0.328 e. The predicted octanol–water partition coefficient (Wildman–Crippen LogP) is 6.88. The van der Waals surface area contributed by atoms with Crippen LogP contribution in [0.3, 0.4) is 0 Å². The monoisotopic (exact) mass is 459 g/mol. The Morgan fingerprint density at radius 1 is 1.10 bits per heavy atom. The highest BCUT2D eigenvalue weighted by Gasteiger charge is 2.27. The molecule has 4 heteroatoms. The van der Waals surface area contributed by atoms with Crippen LogP contribution < -0.4 is 4.90 Å². The van der Waals surface area contributed by atoms with E-state index in [1.54, 1.807) is 0 Å². The van der Waals surface area contributed by atoms with E-state index in [4.69, 9.17) is 4.74 Å². The molecule has 1 atom stereocenters. The Kier molecular flexibility index (Phi) is 8.76. The lowest BCUT2D eigenvalue weighted by atomic mass is 9.86. The third-order valence-electron chi connectivity index (χ3n) is 5.08. The third kappa shape index (κ3) is 6.88. The summed E-state index contributed by atoms with van der Waals surface area (Å²) in [6, 6.07) is 16.6. The van der Waals surface area contributed by atoms with Crippen LogP contribution in [0.25, 0.3) is 0 Å². The zero-order valence-corrected chi connectivity index (χ0v) is 20.0. The van der Waals surface area contributed by atoms with Crippen molar-refractivity contribution in [2.45, 2.75) is 71.9 Å². The number of hydrogen-bond acceptors (Lipinski definition) is 3. The summed E-state index contributed by atoms with van der Waals surface area (Å²) in [6.07, 6.45) is 2.81. The first-order valence-electron chi connectivity index (χ1n) is 10.5. The number of unbranched alkanes of at least 4 members (excludes halogenated alkanes) is 1. The minimum atomic E-state index is -0.300. The molecule has 2 rings (SSSR count). The van der Waals surface area contributed by atoms with Crippen molar-refractivity contribution in [2.75, 3.05) is 11.5 Å². The third-order valence-corrected chi connectivity index (χ3v) is 5.57. The summed E-state index contributed by atoms with van der Waals surface area (Å²) < 4.78 is 6.44. The summed E-state index contributed by atoms with van der Waals surface area (Å²) in [5.41, 5.74) is 3.64. The summed E-state index contributed by atoms with van der Waals surface area (Å²) in [6.45, 7) is 11.7. The van der Waals surface area contributed by atoms with Gasteiger partial charge in [-0.3, -0.25) is 0 Å². The van der Waals surface area contributed by atoms with Gasteiger partial charge in [-0.15, -0.1) is 0 Å². The van der Waals surface area contributed by atoms with Crippen LogP contribution in [0.15, 0.2) is 53.0 Å². The van der Waals surface area contributed by atoms with Gasteiger partial charge in [0.15, 0.2) is 0 Å². The van der Waals surface area contributed by atoms with E-state index in [0.717, 1.165) is 29.4 Å². The SMILES string of the molecule is CCCCC(C(=O)OCC)N(Cc1ccc(C(C)(C)C)cc1)c1cccc(Br)c1. The molecule has 2 aromatic carbocycles. The molecule has 3 nitrogen and oxygen atoms in total. The quantitative estimate of drug-likeness (QED) is 0.382. The second-order valence-electron chi connectivity index (χ2n) is 8.46. The van der Waals surface area contributed by atoms with Gasteiger partial charge in [0.1, 0.15) is 6.04 Å². The van der Waals surface area contributed by atoms with Crippen molar-refractivity contribution >= 4 is 27.6 Å². The van der Waals surface area contributed by atoms with Crippen molar-refractivity contribution in [3.63, 3.8) is 0 Å². The molecule has 0 aliphatic heterocycles. The molecule has 0 radical (unpaired) electrons. The lowest BCUT2D eigenvalue weighted by Crippen LogP contribution is -2.42. The number of carbonyl (C=O) groups is 1. The molecule has 0 saturated carbocycles. The maximum atomic E-state index is 12.8. The summed E-state index contributed by atoms with van der Waals surface area (Å²) in [5, 5.41) is 0. The predicted molar refractivity (Wildman–Crippen MR) is 125 cm³/mol. The van der Waals surface area contributed by atoms with Gasteiger partial charge in [-0.05, 0) is 48.1 Å². The fraction of sp³-hybridized carbons (Fsp3) is 0.480. The number of nitrogens with zero attached hydrogens (tertiary/aromatic N) is 1. The highest BCUT2D eigenvalue weighted by atomic mass is 79.9. The molecule has 158 valence electrons. The molecular weight excluding hydrogens is 426 g/mol. The Labute approximate surface area is 184 Å². The molecule has 0 fully saturated rings. The van der Waals surface area contributed by atoms with E-state index in [-0.39, 0.29) is 17.4 Å². The van der Waals surface area contributed by atoms with Crippen molar-refractivity contribution in [1.29, 1.82) is 0 Å². The van der Waals surface area contributed by atoms with E-state index in [1.807, 2.05) is 19.1 Å². The Bertz CT molecular complexity index is 780. The van der Waals surface area contributed by atoms with Gasteiger partial charge in [-0.1, -0.05) is 86.8 Å². The molecule has 0 saturated heterocycles. The summed E-state index contributed by atoms with van der Waals surface area (Å²) in [5.74, 6) is -0.146. The van der Waals surface area contributed by atoms with Crippen molar-refractivity contribution in [3.05, 3.63) is 64.1 Å². The van der Waals surface area contributed by atoms with E-state index in [1.165, 1.54) is 11.1 Å². The fourth-order valence-electron chi connectivity index (χ4n) is 3.38. The average molecular weight is 460 g/mol. The molecular formula is C25H34BrNO2. The van der Waals surface area contributed by atoms with Gasteiger partial charge >= 0.3 is 5.97 Å². The Balaban J connectivity index is 2.39.